The molecule has 4 nitrogen and oxygen atoms in total. The number of carbonyl (C=O) groups excluding carboxylic acids is 1. The summed E-state index contributed by atoms with van der Waals surface area (Å²) in [7, 11) is 0. The van der Waals surface area contributed by atoms with E-state index >= 15 is 0 Å². The van der Waals surface area contributed by atoms with Gasteiger partial charge in [-0.1, -0.05) is 0 Å². The van der Waals surface area contributed by atoms with E-state index in [9.17, 15) is 9.90 Å². The molecule has 0 aromatic heterocycles. The van der Waals surface area contributed by atoms with Crippen LogP contribution >= 0.6 is 0 Å². The number of nitrogens with one attached hydrogen (secondary N) is 2. The van der Waals surface area contributed by atoms with E-state index in [0.29, 0.717) is 6.54 Å². The van der Waals surface area contributed by atoms with Gasteiger partial charge in [0.05, 0.1) is 12.1 Å². The van der Waals surface area contributed by atoms with Crippen molar-refractivity contribution in [3.8, 4) is 0 Å². The van der Waals surface area contributed by atoms with E-state index in [1.54, 1.807) is 0 Å². The second-order valence-electron chi connectivity index (χ2n) is 4.48. The molecule has 1 aliphatic heterocycles. The zero-order chi connectivity index (χ0) is 10.0. The average molecular weight is 198 g/mol. The van der Waals surface area contributed by atoms with E-state index in [-0.39, 0.29) is 18.4 Å². The first kappa shape index (κ1) is 9.93. The second-order valence-corrected chi connectivity index (χ2v) is 4.48. The third-order valence-electron chi connectivity index (χ3n) is 3.11. The Labute approximate surface area is 84.1 Å². The minimum atomic E-state index is -0.391. The Bertz CT molecular complexity index is 220. The molecule has 1 amide bonds. The lowest BCUT2D eigenvalue weighted by Gasteiger charge is -2.36. The standard InChI is InChI=1S/C10H18N2O2/c13-7-10(4-1-5-11-6-10)12-9(14)8-2-3-8/h8,11,13H,1-7H2,(H,12,14). The molecule has 1 saturated carbocycles. The second kappa shape index (κ2) is 3.87. The number of aliphatic hydroxyl groups is 1. The Morgan fingerprint density at radius 2 is 2.36 bits per heavy atom. The lowest BCUT2D eigenvalue weighted by atomic mass is 9.91. The highest BCUT2D eigenvalue weighted by Gasteiger charge is 2.37. The van der Waals surface area contributed by atoms with Gasteiger partial charge in [-0.05, 0) is 32.2 Å². The fraction of sp³-hybridized carbons (Fsp3) is 0.900. The van der Waals surface area contributed by atoms with E-state index in [4.69, 9.17) is 0 Å². The van der Waals surface area contributed by atoms with Crippen LogP contribution in [-0.2, 0) is 4.79 Å². The third-order valence-corrected chi connectivity index (χ3v) is 3.11. The van der Waals surface area contributed by atoms with Gasteiger partial charge in [0.2, 0.25) is 5.91 Å². The minimum Gasteiger partial charge on any atom is -0.394 e. The first-order chi connectivity index (χ1) is 6.76. The third kappa shape index (κ3) is 2.07. The summed E-state index contributed by atoms with van der Waals surface area (Å²) in [5.41, 5.74) is -0.391. The van der Waals surface area contributed by atoms with Crippen molar-refractivity contribution >= 4 is 5.91 Å². The average Bonchev–Trinajstić information content (AvgIpc) is 3.02. The van der Waals surface area contributed by atoms with Gasteiger partial charge >= 0.3 is 0 Å². The summed E-state index contributed by atoms with van der Waals surface area (Å²) in [5.74, 6) is 0.350. The summed E-state index contributed by atoms with van der Waals surface area (Å²) in [5, 5.41) is 15.5. The maximum atomic E-state index is 11.6. The van der Waals surface area contributed by atoms with Crippen LogP contribution in [0.2, 0.25) is 0 Å². The number of rotatable bonds is 3. The van der Waals surface area contributed by atoms with Gasteiger partial charge < -0.3 is 15.7 Å². The highest BCUT2D eigenvalue weighted by Crippen LogP contribution is 2.30. The molecule has 0 spiro atoms. The van der Waals surface area contributed by atoms with Gasteiger partial charge in [0.1, 0.15) is 0 Å². The van der Waals surface area contributed by atoms with E-state index < -0.39 is 5.54 Å². The van der Waals surface area contributed by atoms with E-state index in [2.05, 4.69) is 10.6 Å². The molecule has 1 atom stereocenters. The number of amides is 1. The Morgan fingerprint density at radius 3 is 2.86 bits per heavy atom. The van der Waals surface area contributed by atoms with Crippen molar-refractivity contribution in [2.24, 2.45) is 5.92 Å². The number of hydrogen-bond acceptors (Lipinski definition) is 3. The van der Waals surface area contributed by atoms with Crippen LogP contribution < -0.4 is 10.6 Å². The Balaban J connectivity index is 1.92. The van der Waals surface area contributed by atoms with Crippen molar-refractivity contribution in [2.75, 3.05) is 19.7 Å². The van der Waals surface area contributed by atoms with Crippen LogP contribution in [0.4, 0.5) is 0 Å². The van der Waals surface area contributed by atoms with Crippen molar-refractivity contribution in [3.63, 3.8) is 0 Å². The molecule has 1 saturated heterocycles. The maximum absolute atomic E-state index is 11.6. The molecule has 80 valence electrons. The molecule has 1 aliphatic carbocycles. The lowest BCUT2D eigenvalue weighted by Crippen LogP contribution is -2.60. The Hall–Kier alpha value is -0.610. The first-order valence-corrected chi connectivity index (χ1v) is 5.39. The smallest absolute Gasteiger partial charge is 0.223 e. The van der Waals surface area contributed by atoms with Crippen molar-refractivity contribution in [1.29, 1.82) is 0 Å². The lowest BCUT2D eigenvalue weighted by molar-refractivity contribution is -0.125. The van der Waals surface area contributed by atoms with Gasteiger partial charge in [-0.3, -0.25) is 4.79 Å². The van der Waals surface area contributed by atoms with Gasteiger partial charge in [-0.25, -0.2) is 0 Å². The normalized spacial score (nSPS) is 32.6. The van der Waals surface area contributed by atoms with E-state index in [1.807, 2.05) is 0 Å². The largest absolute Gasteiger partial charge is 0.394 e. The molecule has 0 radical (unpaired) electrons. The van der Waals surface area contributed by atoms with Crippen molar-refractivity contribution in [3.05, 3.63) is 0 Å². The van der Waals surface area contributed by atoms with Crippen LogP contribution in [0.5, 0.6) is 0 Å². The van der Waals surface area contributed by atoms with Gasteiger partial charge in [-0.2, -0.15) is 0 Å². The predicted octanol–water partition coefficient (Wildman–Crippen LogP) is -0.373. The van der Waals surface area contributed by atoms with Gasteiger partial charge in [0.25, 0.3) is 0 Å². The molecule has 0 bridgehead atoms. The molecular weight excluding hydrogens is 180 g/mol. The Morgan fingerprint density at radius 1 is 1.57 bits per heavy atom. The predicted molar refractivity (Wildman–Crippen MR) is 52.8 cm³/mol. The van der Waals surface area contributed by atoms with Crippen molar-refractivity contribution < 1.29 is 9.90 Å². The van der Waals surface area contributed by atoms with Crippen LogP contribution in [0.1, 0.15) is 25.7 Å². The summed E-state index contributed by atoms with van der Waals surface area (Å²) in [6.45, 7) is 1.72. The molecule has 2 fully saturated rings. The molecule has 1 unspecified atom stereocenters. The topological polar surface area (TPSA) is 61.4 Å². The molecule has 0 aromatic carbocycles. The SMILES string of the molecule is O=C(NC1(CO)CCCNC1)C1CC1. The van der Waals surface area contributed by atoms with Gasteiger partial charge in [0.15, 0.2) is 0 Å². The highest BCUT2D eigenvalue weighted by atomic mass is 16.3. The van der Waals surface area contributed by atoms with Crippen LogP contribution in [0.25, 0.3) is 0 Å². The molecule has 2 rings (SSSR count). The monoisotopic (exact) mass is 198 g/mol. The Kier molecular flexibility index (Phi) is 2.74. The molecule has 0 aromatic rings. The molecule has 14 heavy (non-hydrogen) atoms. The number of hydrogen-bond donors (Lipinski definition) is 3. The summed E-state index contributed by atoms with van der Waals surface area (Å²) >= 11 is 0. The van der Waals surface area contributed by atoms with Gasteiger partial charge in [0, 0.05) is 12.5 Å². The number of aliphatic hydroxyl groups excluding tert-OH is 1. The molecule has 1 heterocycles. The van der Waals surface area contributed by atoms with Crippen LogP contribution in [0.15, 0.2) is 0 Å². The molecule has 4 heteroatoms. The van der Waals surface area contributed by atoms with Crippen LogP contribution in [0, 0.1) is 5.92 Å². The molecule has 2 aliphatic rings. The quantitative estimate of drug-likeness (QED) is 0.579. The van der Waals surface area contributed by atoms with E-state index in [1.165, 1.54) is 0 Å². The van der Waals surface area contributed by atoms with Crippen molar-refractivity contribution in [1.82, 2.24) is 10.6 Å². The summed E-state index contributed by atoms with van der Waals surface area (Å²) in [6, 6.07) is 0. The van der Waals surface area contributed by atoms with E-state index in [0.717, 1.165) is 32.2 Å². The number of piperidine rings is 1. The number of carbonyl (C=O) groups is 1. The minimum absolute atomic E-state index is 0.0401. The van der Waals surface area contributed by atoms with Crippen LogP contribution in [0.3, 0.4) is 0 Å². The van der Waals surface area contributed by atoms with Crippen LogP contribution in [-0.4, -0.2) is 36.2 Å². The molecular formula is C10H18N2O2. The summed E-state index contributed by atoms with van der Waals surface area (Å²) in [6.07, 6.45) is 3.93. The van der Waals surface area contributed by atoms with Crippen molar-refractivity contribution in [2.45, 2.75) is 31.2 Å². The zero-order valence-corrected chi connectivity index (χ0v) is 8.38. The highest BCUT2D eigenvalue weighted by molar-refractivity contribution is 5.81. The maximum Gasteiger partial charge on any atom is 0.223 e. The fourth-order valence-corrected chi connectivity index (χ4v) is 1.96. The van der Waals surface area contributed by atoms with Gasteiger partial charge in [-0.15, -0.1) is 0 Å². The molecule has 3 N–H and O–H groups in total. The summed E-state index contributed by atoms with van der Waals surface area (Å²) in [4.78, 5) is 11.6. The zero-order valence-electron chi connectivity index (χ0n) is 8.38. The fourth-order valence-electron chi connectivity index (χ4n) is 1.96. The summed E-state index contributed by atoms with van der Waals surface area (Å²) < 4.78 is 0. The first-order valence-electron chi connectivity index (χ1n) is 5.39.